The lowest BCUT2D eigenvalue weighted by Crippen LogP contribution is -2.37. The van der Waals surface area contributed by atoms with E-state index in [-0.39, 0.29) is 23.4 Å². The van der Waals surface area contributed by atoms with Gasteiger partial charge >= 0.3 is 0 Å². The number of allylic oxidation sites excluding steroid dienone is 3. The zero-order valence-electron chi connectivity index (χ0n) is 19.5. The molecule has 0 radical (unpaired) electrons. The molecule has 2 atom stereocenters. The van der Waals surface area contributed by atoms with Crippen LogP contribution in [-0.4, -0.2) is 23.9 Å². The Morgan fingerprint density at radius 1 is 1.11 bits per heavy atom. The molecular formula is C28H26N2O4S. The summed E-state index contributed by atoms with van der Waals surface area (Å²) in [5.41, 5.74) is 4.03. The second-order valence-electron chi connectivity index (χ2n) is 8.78. The third-order valence-electron chi connectivity index (χ3n) is 6.59. The van der Waals surface area contributed by atoms with E-state index in [1.54, 1.807) is 29.5 Å². The summed E-state index contributed by atoms with van der Waals surface area (Å²) in [5, 5.41) is 18.6. The van der Waals surface area contributed by atoms with Crippen LogP contribution in [0.15, 0.2) is 88.6 Å². The SMILES string of the molecule is COc1cc([C@H]2C(C(=O)Nc3ccccc3)=C(C)NC3=C2C(=O)C[C@@H](c2cccs2)C3)ccc1O. The zero-order valence-corrected chi connectivity index (χ0v) is 20.3. The molecule has 0 saturated heterocycles. The lowest BCUT2D eigenvalue weighted by atomic mass is 9.72. The van der Waals surface area contributed by atoms with E-state index in [2.05, 4.69) is 16.7 Å². The first-order valence-electron chi connectivity index (χ1n) is 11.5. The van der Waals surface area contributed by atoms with Crippen LogP contribution in [0.25, 0.3) is 0 Å². The largest absolute Gasteiger partial charge is 0.504 e. The fraction of sp³-hybridized carbons (Fsp3) is 0.214. The van der Waals surface area contributed by atoms with Crippen molar-refractivity contribution in [2.75, 3.05) is 12.4 Å². The average molecular weight is 487 g/mol. The van der Waals surface area contributed by atoms with Gasteiger partial charge in [0.25, 0.3) is 5.91 Å². The Balaban J connectivity index is 1.60. The Hall–Kier alpha value is -3.84. The number of phenolic OH excluding ortho intramolecular Hbond substituents is 1. The highest BCUT2D eigenvalue weighted by atomic mass is 32.1. The van der Waals surface area contributed by atoms with Crippen molar-refractivity contribution in [1.82, 2.24) is 5.32 Å². The lowest BCUT2D eigenvalue weighted by molar-refractivity contribution is -0.116. The van der Waals surface area contributed by atoms with Gasteiger partial charge in [-0.3, -0.25) is 9.59 Å². The summed E-state index contributed by atoms with van der Waals surface area (Å²) in [7, 11) is 1.48. The van der Waals surface area contributed by atoms with Crippen molar-refractivity contribution >= 4 is 28.7 Å². The predicted molar refractivity (Wildman–Crippen MR) is 137 cm³/mol. The first-order chi connectivity index (χ1) is 17.0. The fourth-order valence-corrected chi connectivity index (χ4v) is 5.82. The summed E-state index contributed by atoms with van der Waals surface area (Å²) in [5.74, 6) is -0.436. The molecule has 1 amide bonds. The van der Waals surface area contributed by atoms with Gasteiger partial charge in [0.15, 0.2) is 17.3 Å². The highest BCUT2D eigenvalue weighted by Crippen LogP contribution is 2.47. The van der Waals surface area contributed by atoms with Crippen molar-refractivity contribution in [3.63, 3.8) is 0 Å². The van der Waals surface area contributed by atoms with Gasteiger partial charge in [-0.05, 0) is 54.6 Å². The molecule has 1 aromatic heterocycles. The predicted octanol–water partition coefficient (Wildman–Crippen LogP) is 5.46. The van der Waals surface area contributed by atoms with Crippen molar-refractivity contribution < 1.29 is 19.4 Å². The molecule has 2 heterocycles. The van der Waals surface area contributed by atoms with Gasteiger partial charge in [0, 0.05) is 51.4 Å². The molecule has 6 nitrogen and oxygen atoms in total. The quantitative estimate of drug-likeness (QED) is 0.446. The molecule has 2 aliphatic rings. The molecule has 0 bridgehead atoms. The van der Waals surface area contributed by atoms with Crippen LogP contribution < -0.4 is 15.4 Å². The van der Waals surface area contributed by atoms with Crippen molar-refractivity contribution in [3.8, 4) is 11.5 Å². The topological polar surface area (TPSA) is 87.7 Å². The molecule has 3 aromatic rings. The number of carbonyl (C=O) groups is 2. The molecule has 5 rings (SSSR count). The van der Waals surface area contributed by atoms with Gasteiger partial charge in [-0.15, -0.1) is 11.3 Å². The summed E-state index contributed by atoms with van der Waals surface area (Å²) in [6.07, 6.45) is 1.08. The summed E-state index contributed by atoms with van der Waals surface area (Å²) in [6, 6.07) is 18.3. The third-order valence-corrected chi connectivity index (χ3v) is 7.62. The third kappa shape index (κ3) is 4.35. The Kier molecular flexibility index (Phi) is 6.17. The number of ketones is 1. The standard InChI is InChI=1S/C28H26N2O4S/c1-16-25(28(33)30-19-7-4-3-5-8-19)26(17-10-11-21(31)23(15-17)34-2)27-20(29-16)13-18(14-22(27)32)24-9-6-12-35-24/h3-12,15,18,26,29,31H,13-14H2,1-2H3,(H,30,33)/t18-,26-/m0/s1. The molecule has 7 heteroatoms. The van der Waals surface area contributed by atoms with Crippen LogP contribution in [0.5, 0.6) is 11.5 Å². The molecule has 1 aliphatic heterocycles. The van der Waals surface area contributed by atoms with Gasteiger partial charge in [0.05, 0.1) is 7.11 Å². The van der Waals surface area contributed by atoms with E-state index in [0.29, 0.717) is 46.7 Å². The fourth-order valence-electron chi connectivity index (χ4n) is 4.99. The van der Waals surface area contributed by atoms with E-state index in [4.69, 9.17) is 4.74 Å². The highest BCUT2D eigenvalue weighted by Gasteiger charge is 2.41. The number of amides is 1. The number of carbonyl (C=O) groups excluding carboxylic acids is 2. The second kappa shape index (κ2) is 9.43. The molecule has 178 valence electrons. The van der Waals surface area contributed by atoms with Crippen LogP contribution in [0.4, 0.5) is 5.69 Å². The van der Waals surface area contributed by atoms with E-state index in [9.17, 15) is 14.7 Å². The minimum Gasteiger partial charge on any atom is -0.504 e. The summed E-state index contributed by atoms with van der Waals surface area (Å²) >= 11 is 1.66. The lowest BCUT2D eigenvalue weighted by Gasteiger charge is -2.36. The van der Waals surface area contributed by atoms with Crippen LogP contribution in [-0.2, 0) is 9.59 Å². The maximum atomic E-state index is 13.6. The number of benzene rings is 2. The van der Waals surface area contributed by atoms with Crippen LogP contribution in [0.3, 0.4) is 0 Å². The summed E-state index contributed by atoms with van der Waals surface area (Å²) in [4.78, 5) is 28.4. The van der Waals surface area contributed by atoms with Crippen molar-refractivity contribution in [3.05, 3.63) is 99.0 Å². The van der Waals surface area contributed by atoms with E-state index in [0.717, 1.165) is 5.70 Å². The van der Waals surface area contributed by atoms with Gasteiger partial charge in [-0.1, -0.05) is 30.3 Å². The average Bonchev–Trinajstić information content (AvgIpc) is 3.39. The molecular weight excluding hydrogens is 460 g/mol. The van der Waals surface area contributed by atoms with Crippen molar-refractivity contribution in [2.24, 2.45) is 0 Å². The number of hydrogen-bond donors (Lipinski definition) is 3. The monoisotopic (exact) mass is 486 g/mol. The minimum absolute atomic E-state index is 0.00288. The molecule has 0 spiro atoms. The number of Topliss-reactive ketones (excluding diaryl/α,β-unsaturated/α-hetero) is 1. The van der Waals surface area contributed by atoms with Gasteiger partial charge in [0.2, 0.25) is 0 Å². The Morgan fingerprint density at radius 3 is 2.63 bits per heavy atom. The maximum Gasteiger partial charge on any atom is 0.254 e. The van der Waals surface area contributed by atoms with Crippen LogP contribution in [0, 0.1) is 0 Å². The highest BCUT2D eigenvalue weighted by molar-refractivity contribution is 7.10. The first-order valence-corrected chi connectivity index (χ1v) is 12.3. The van der Waals surface area contributed by atoms with Gasteiger partial charge in [-0.2, -0.15) is 0 Å². The number of rotatable bonds is 5. The van der Waals surface area contributed by atoms with Crippen LogP contribution >= 0.6 is 11.3 Å². The first kappa shape index (κ1) is 22.9. The van der Waals surface area contributed by atoms with E-state index in [1.165, 1.54) is 12.0 Å². The minimum atomic E-state index is -0.582. The van der Waals surface area contributed by atoms with Crippen LogP contribution in [0.2, 0.25) is 0 Å². The number of ether oxygens (including phenoxy) is 1. The number of methoxy groups -OCH3 is 1. The van der Waals surface area contributed by atoms with Crippen LogP contribution in [0.1, 0.15) is 42.0 Å². The van der Waals surface area contributed by atoms with E-state index < -0.39 is 5.92 Å². The molecule has 1 aliphatic carbocycles. The smallest absolute Gasteiger partial charge is 0.254 e. The number of phenols is 1. The summed E-state index contributed by atoms with van der Waals surface area (Å²) in [6.45, 7) is 1.87. The zero-order chi connectivity index (χ0) is 24.5. The Morgan fingerprint density at radius 2 is 1.91 bits per heavy atom. The van der Waals surface area contributed by atoms with Crippen molar-refractivity contribution in [2.45, 2.75) is 31.6 Å². The van der Waals surface area contributed by atoms with Crippen molar-refractivity contribution in [1.29, 1.82) is 0 Å². The number of anilines is 1. The Bertz CT molecular complexity index is 1340. The maximum absolute atomic E-state index is 13.6. The normalized spacial score (nSPS) is 19.8. The van der Waals surface area contributed by atoms with Gasteiger partial charge < -0.3 is 20.5 Å². The number of hydrogen-bond acceptors (Lipinski definition) is 6. The molecule has 3 N–H and O–H groups in total. The number of dihydropyridines is 1. The summed E-state index contributed by atoms with van der Waals surface area (Å²) < 4.78 is 5.34. The molecule has 35 heavy (non-hydrogen) atoms. The Labute approximate surface area is 208 Å². The number of para-hydroxylation sites is 1. The van der Waals surface area contributed by atoms with E-state index >= 15 is 0 Å². The molecule has 0 saturated carbocycles. The van der Waals surface area contributed by atoms with Gasteiger partial charge in [0.1, 0.15) is 0 Å². The van der Waals surface area contributed by atoms with E-state index in [1.807, 2.05) is 48.7 Å². The molecule has 0 fully saturated rings. The number of nitrogens with one attached hydrogen (secondary N) is 2. The second-order valence-corrected chi connectivity index (χ2v) is 9.76. The number of aromatic hydroxyl groups is 1. The van der Waals surface area contributed by atoms with Gasteiger partial charge in [-0.25, -0.2) is 0 Å². The molecule has 0 unspecified atom stereocenters. The molecule has 2 aromatic carbocycles. The number of thiophene rings is 1.